The molecule has 6 nitrogen and oxygen atoms in total. The van der Waals surface area contributed by atoms with E-state index in [2.05, 4.69) is 15.3 Å². The van der Waals surface area contributed by atoms with Crippen molar-refractivity contribution in [3.63, 3.8) is 0 Å². The van der Waals surface area contributed by atoms with E-state index in [0.29, 0.717) is 11.3 Å². The number of anilines is 1. The van der Waals surface area contributed by atoms with Gasteiger partial charge in [0.05, 0.1) is 17.9 Å². The predicted molar refractivity (Wildman–Crippen MR) is 120 cm³/mol. The number of aromatic nitrogens is 2. The highest BCUT2D eigenvalue weighted by Gasteiger charge is 2.26. The van der Waals surface area contributed by atoms with Gasteiger partial charge in [0.15, 0.2) is 11.5 Å². The lowest BCUT2D eigenvalue weighted by Gasteiger charge is -2.25. The molecule has 0 saturated heterocycles. The van der Waals surface area contributed by atoms with Gasteiger partial charge in [0, 0.05) is 5.56 Å². The summed E-state index contributed by atoms with van der Waals surface area (Å²) in [5.74, 6) is -0.482. The molecule has 4 aromatic rings. The Morgan fingerprint density at radius 1 is 0.839 bits per heavy atom. The molecule has 0 radical (unpaired) electrons. The number of carbonyl (C=O) groups is 1. The quantitative estimate of drug-likeness (QED) is 0.447. The lowest BCUT2D eigenvalue weighted by molar-refractivity contribution is 0.0827. The van der Waals surface area contributed by atoms with Gasteiger partial charge in [-0.25, -0.2) is 9.97 Å². The Bertz CT molecular complexity index is 1150. The molecule has 0 fully saturated rings. The van der Waals surface area contributed by atoms with Crippen molar-refractivity contribution in [2.75, 3.05) is 5.73 Å². The molecule has 1 heterocycles. The smallest absolute Gasteiger partial charge is 0.274 e. The molecule has 4 rings (SSSR count). The maximum atomic E-state index is 13.2. The van der Waals surface area contributed by atoms with Gasteiger partial charge in [-0.3, -0.25) is 4.79 Å². The second kappa shape index (κ2) is 9.19. The topological polar surface area (TPSA) is 101 Å². The van der Waals surface area contributed by atoms with Crippen molar-refractivity contribution < 1.29 is 9.90 Å². The largest absolute Gasteiger partial charge is 0.386 e. The first kappa shape index (κ1) is 20.3. The van der Waals surface area contributed by atoms with Gasteiger partial charge in [-0.05, 0) is 11.1 Å². The third-order valence-corrected chi connectivity index (χ3v) is 4.99. The Hall–Kier alpha value is -4.03. The molecule has 0 bridgehead atoms. The number of nitrogen functional groups attached to an aromatic ring is 1. The number of aliphatic hydroxyl groups excluding tert-OH is 1. The van der Waals surface area contributed by atoms with Crippen LogP contribution < -0.4 is 11.1 Å². The zero-order valence-corrected chi connectivity index (χ0v) is 16.7. The van der Waals surface area contributed by atoms with Gasteiger partial charge < -0.3 is 16.2 Å². The van der Waals surface area contributed by atoms with Crippen LogP contribution in [0.15, 0.2) is 97.2 Å². The van der Waals surface area contributed by atoms with Crippen LogP contribution in [-0.2, 0) is 0 Å². The summed E-state index contributed by atoms with van der Waals surface area (Å²) in [6.07, 6.45) is 0.577. The van der Waals surface area contributed by atoms with Crippen LogP contribution in [0.3, 0.4) is 0 Å². The number of carbonyl (C=O) groups excluding carboxylic acids is 1. The number of nitrogens with one attached hydrogen (secondary N) is 1. The molecule has 31 heavy (non-hydrogen) atoms. The highest BCUT2D eigenvalue weighted by Crippen LogP contribution is 2.29. The number of benzene rings is 3. The Morgan fingerprint density at radius 3 is 2.00 bits per heavy atom. The molecule has 154 valence electrons. The van der Waals surface area contributed by atoms with E-state index in [1.807, 2.05) is 91.0 Å². The molecule has 0 unspecified atom stereocenters. The van der Waals surface area contributed by atoms with Crippen LogP contribution in [0.1, 0.15) is 33.8 Å². The molecule has 0 aliphatic rings. The van der Waals surface area contributed by atoms with Gasteiger partial charge in [-0.1, -0.05) is 91.0 Å². The summed E-state index contributed by atoms with van der Waals surface area (Å²) in [4.78, 5) is 21.8. The fourth-order valence-corrected chi connectivity index (χ4v) is 3.37. The van der Waals surface area contributed by atoms with Crippen molar-refractivity contribution in [3.05, 3.63) is 114 Å². The summed E-state index contributed by atoms with van der Waals surface area (Å²) < 4.78 is 0. The summed E-state index contributed by atoms with van der Waals surface area (Å²) in [5, 5.41) is 13.9. The van der Waals surface area contributed by atoms with Gasteiger partial charge in [0.2, 0.25) is 0 Å². The number of hydrogen-bond donors (Lipinski definition) is 3. The monoisotopic (exact) mass is 410 g/mol. The van der Waals surface area contributed by atoms with Gasteiger partial charge in [-0.15, -0.1) is 0 Å². The van der Waals surface area contributed by atoms with Crippen LogP contribution in [0.2, 0.25) is 0 Å². The minimum absolute atomic E-state index is 0.0162. The first-order chi connectivity index (χ1) is 15.1. The Labute approximate surface area is 180 Å². The minimum Gasteiger partial charge on any atom is -0.386 e. The van der Waals surface area contributed by atoms with Crippen molar-refractivity contribution in [1.82, 2.24) is 15.3 Å². The number of hydrogen-bond acceptors (Lipinski definition) is 5. The third kappa shape index (κ3) is 4.60. The van der Waals surface area contributed by atoms with E-state index in [9.17, 15) is 9.90 Å². The van der Waals surface area contributed by atoms with Crippen molar-refractivity contribution in [2.45, 2.75) is 12.1 Å². The molecule has 1 amide bonds. The molecule has 0 aliphatic heterocycles. The molecule has 1 aromatic heterocycles. The standard InChI is InChI=1S/C25H22N4O2/c26-24-22(28-20(16-27-24)17-10-4-1-5-11-17)25(31)29-21(18-12-6-2-7-13-18)23(30)19-14-8-3-9-15-19/h1-16,21,23,30H,(H2,26,27)(H,29,31)/t21-,23+/m0/s1. The summed E-state index contributed by atoms with van der Waals surface area (Å²) in [6, 6.07) is 27.2. The molecule has 4 N–H and O–H groups in total. The lowest BCUT2D eigenvalue weighted by Crippen LogP contribution is -2.34. The van der Waals surface area contributed by atoms with Crippen LogP contribution in [0.4, 0.5) is 5.82 Å². The van der Waals surface area contributed by atoms with E-state index >= 15 is 0 Å². The van der Waals surface area contributed by atoms with Crippen molar-refractivity contribution in [2.24, 2.45) is 0 Å². The van der Waals surface area contributed by atoms with E-state index < -0.39 is 18.1 Å². The highest BCUT2D eigenvalue weighted by atomic mass is 16.3. The highest BCUT2D eigenvalue weighted by molar-refractivity contribution is 5.97. The SMILES string of the molecule is Nc1ncc(-c2ccccc2)nc1C(=O)N[C@@H](c1ccccc1)[C@H](O)c1ccccc1. The molecule has 3 aromatic carbocycles. The molecule has 0 spiro atoms. The summed E-state index contributed by atoms with van der Waals surface area (Å²) >= 11 is 0. The van der Waals surface area contributed by atoms with Gasteiger partial charge in [0.25, 0.3) is 5.91 Å². The van der Waals surface area contributed by atoms with Gasteiger partial charge in [0.1, 0.15) is 6.10 Å². The summed E-state index contributed by atoms with van der Waals surface area (Å²) in [7, 11) is 0. The normalized spacial score (nSPS) is 12.7. The number of rotatable bonds is 6. The summed E-state index contributed by atoms with van der Waals surface area (Å²) in [5.41, 5.74) is 8.81. The number of nitrogens with zero attached hydrogens (tertiary/aromatic N) is 2. The van der Waals surface area contributed by atoms with Crippen LogP contribution in [0, 0.1) is 0 Å². The van der Waals surface area contributed by atoms with Crippen LogP contribution in [-0.4, -0.2) is 21.0 Å². The second-order valence-corrected chi connectivity index (χ2v) is 7.07. The predicted octanol–water partition coefficient (Wildman–Crippen LogP) is 3.93. The van der Waals surface area contributed by atoms with Gasteiger partial charge in [-0.2, -0.15) is 0 Å². The third-order valence-electron chi connectivity index (χ3n) is 4.99. The molecular formula is C25H22N4O2. The van der Waals surface area contributed by atoms with Crippen molar-refractivity contribution >= 4 is 11.7 Å². The van der Waals surface area contributed by atoms with Crippen LogP contribution in [0.25, 0.3) is 11.3 Å². The summed E-state index contributed by atoms with van der Waals surface area (Å²) in [6.45, 7) is 0. The number of aliphatic hydroxyl groups is 1. The average Bonchev–Trinajstić information content (AvgIpc) is 2.84. The van der Waals surface area contributed by atoms with E-state index in [1.54, 1.807) is 0 Å². The van der Waals surface area contributed by atoms with E-state index in [0.717, 1.165) is 11.1 Å². The molecule has 2 atom stereocenters. The van der Waals surface area contributed by atoms with E-state index in [4.69, 9.17) is 5.73 Å². The van der Waals surface area contributed by atoms with Crippen molar-refractivity contribution in [1.29, 1.82) is 0 Å². The molecule has 0 saturated carbocycles. The Kier molecular flexibility index (Phi) is 6.01. The van der Waals surface area contributed by atoms with Crippen molar-refractivity contribution in [3.8, 4) is 11.3 Å². The Balaban J connectivity index is 1.67. The Morgan fingerprint density at radius 2 is 1.39 bits per heavy atom. The van der Waals surface area contributed by atoms with E-state index in [-0.39, 0.29) is 11.5 Å². The zero-order chi connectivity index (χ0) is 21.6. The van der Waals surface area contributed by atoms with Gasteiger partial charge >= 0.3 is 0 Å². The molecule has 6 heteroatoms. The molecule has 0 aliphatic carbocycles. The fourth-order valence-electron chi connectivity index (χ4n) is 3.37. The number of nitrogens with two attached hydrogens (primary N) is 1. The zero-order valence-electron chi connectivity index (χ0n) is 16.7. The first-order valence-corrected chi connectivity index (χ1v) is 9.90. The van der Waals surface area contributed by atoms with Crippen LogP contribution >= 0.6 is 0 Å². The second-order valence-electron chi connectivity index (χ2n) is 7.07. The maximum absolute atomic E-state index is 13.2. The minimum atomic E-state index is -0.959. The number of amides is 1. The van der Waals surface area contributed by atoms with E-state index in [1.165, 1.54) is 6.20 Å². The molecular weight excluding hydrogens is 388 g/mol. The average molecular weight is 410 g/mol. The fraction of sp³-hybridized carbons (Fsp3) is 0.0800. The lowest BCUT2D eigenvalue weighted by atomic mass is 9.95. The first-order valence-electron chi connectivity index (χ1n) is 9.90. The maximum Gasteiger partial charge on any atom is 0.274 e. The van der Waals surface area contributed by atoms with Crippen LogP contribution in [0.5, 0.6) is 0 Å².